The maximum Gasteiger partial charge on any atom is 0.131 e. The lowest BCUT2D eigenvalue weighted by Crippen LogP contribution is -2.15. The highest BCUT2D eigenvalue weighted by Gasteiger charge is 2.18. The molecule has 0 heterocycles. The van der Waals surface area contributed by atoms with E-state index < -0.39 is 17.7 Å². The summed E-state index contributed by atoms with van der Waals surface area (Å²) in [6.07, 6.45) is 0. The molecule has 1 atom stereocenters. The van der Waals surface area contributed by atoms with Crippen molar-refractivity contribution in [2.75, 3.05) is 0 Å². The molecule has 3 aromatic rings. The van der Waals surface area contributed by atoms with Crippen molar-refractivity contribution in [1.82, 2.24) is 0 Å². The van der Waals surface area contributed by atoms with E-state index in [1.54, 1.807) is 6.07 Å². The zero-order chi connectivity index (χ0) is 15.0. The van der Waals surface area contributed by atoms with Crippen molar-refractivity contribution in [1.29, 1.82) is 0 Å². The fraction of sp³-hybridized carbons (Fsp3) is 0.0588. The topological polar surface area (TPSA) is 26.0 Å². The Labute approximate surface area is 129 Å². The number of nitrogens with two attached hydrogens (primary N) is 1. The highest BCUT2D eigenvalue weighted by molar-refractivity contribution is 9.10. The Kier molecular flexibility index (Phi) is 3.74. The Morgan fingerprint density at radius 1 is 0.857 bits per heavy atom. The molecule has 0 fully saturated rings. The molecule has 0 saturated heterocycles. The van der Waals surface area contributed by atoms with Crippen molar-refractivity contribution in [3.63, 3.8) is 0 Å². The van der Waals surface area contributed by atoms with Crippen molar-refractivity contribution in [3.05, 3.63) is 81.8 Å². The quantitative estimate of drug-likeness (QED) is 0.698. The molecule has 0 radical (unpaired) electrons. The van der Waals surface area contributed by atoms with E-state index in [-0.39, 0.29) is 5.56 Å². The van der Waals surface area contributed by atoms with Gasteiger partial charge in [-0.2, -0.15) is 0 Å². The van der Waals surface area contributed by atoms with E-state index in [4.69, 9.17) is 5.73 Å². The van der Waals surface area contributed by atoms with E-state index in [2.05, 4.69) is 15.9 Å². The van der Waals surface area contributed by atoms with Crippen LogP contribution in [0.1, 0.15) is 17.2 Å². The largest absolute Gasteiger partial charge is 0.320 e. The van der Waals surface area contributed by atoms with Crippen LogP contribution in [0.4, 0.5) is 8.78 Å². The van der Waals surface area contributed by atoms with Crippen molar-refractivity contribution in [2.45, 2.75) is 6.04 Å². The van der Waals surface area contributed by atoms with Gasteiger partial charge in [-0.05, 0) is 46.7 Å². The number of hydrogen-bond acceptors (Lipinski definition) is 1. The molecule has 1 unspecified atom stereocenters. The normalized spacial score (nSPS) is 12.6. The van der Waals surface area contributed by atoms with Crippen molar-refractivity contribution >= 4 is 26.7 Å². The Balaban J connectivity index is 2.09. The minimum Gasteiger partial charge on any atom is -0.320 e. The molecule has 0 spiro atoms. The molecule has 106 valence electrons. The summed E-state index contributed by atoms with van der Waals surface area (Å²) in [5.74, 6) is -1.25. The first-order chi connectivity index (χ1) is 10.1. The molecule has 0 aliphatic rings. The molecule has 0 aliphatic carbocycles. The van der Waals surface area contributed by atoms with Gasteiger partial charge in [-0.3, -0.25) is 0 Å². The monoisotopic (exact) mass is 347 g/mol. The Morgan fingerprint density at radius 2 is 1.48 bits per heavy atom. The van der Waals surface area contributed by atoms with Crippen LogP contribution < -0.4 is 5.73 Å². The molecule has 0 aliphatic heterocycles. The molecule has 21 heavy (non-hydrogen) atoms. The van der Waals surface area contributed by atoms with Gasteiger partial charge in [0.1, 0.15) is 11.6 Å². The summed E-state index contributed by atoms with van der Waals surface area (Å²) < 4.78 is 28.6. The molecule has 4 heteroatoms. The average molecular weight is 348 g/mol. The molecule has 0 aromatic heterocycles. The summed E-state index contributed by atoms with van der Waals surface area (Å²) in [6.45, 7) is 0. The number of rotatable bonds is 2. The molecule has 3 rings (SSSR count). The fourth-order valence-corrected chi connectivity index (χ4v) is 2.78. The summed E-state index contributed by atoms with van der Waals surface area (Å²) in [6, 6.07) is 14.3. The first-order valence-corrected chi connectivity index (χ1v) is 7.24. The predicted octanol–water partition coefficient (Wildman–Crippen LogP) is 4.93. The van der Waals surface area contributed by atoms with Crippen LogP contribution in [0.25, 0.3) is 10.8 Å². The summed E-state index contributed by atoms with van der Waals surface area (Å²) >= 11 is 3.41. The Bertz CT molecular complexity index is 797. The van der Waals surface area contributed by atoms with E-state index in [9.17, 15) is 8.78 Å². The van der Waals surface area contributed by atoms with Gasteiger partial charge in [-0.25, -0.2) is 8.78 Å². The maximum absolute atomic E-state index is 13.8. The van der Waals surface area contributed by atoms with Crippen LogP contribution >= 0.6 is 15.9 Å². The minimum absolute atomic E-state index is 0.103. The van der Waals surface area contributed by atoms with Crippen LogP contribution in [-0.4, -0.2) is 0 Å². The van der Waals surface area contributed by atoms with Gasteiger partial charge in [0.25, 0.3) is 0 Å². The molecule has 3 aromatic carbocycles. The van der Waals surface area contributed by atoms with Gasteiger partial charge in [0.15, 0.2) is 0 Å². The van der Waals surface area contributed by atoms with Crippen LogP contribution in [0.5, 0.6) is 0 Å². The average Bonchev–Trinajstić information content (AvgIpc) is 2.46. The highest BCUT2D eigenvalue weighted by Crippen LogP contribution is 2.28. The third kappa shape index (κ3) is 2.69. The molecular weight excluding hydrogens is 336 g/mol. The van der Waals surface area contributed by atoms with Crippen LogP contribution in [0.2, 0.25) is 0 Å². The van der Waals surface area contributed by atoms with Crippen LogP contribution in [0, 0.1) is 11.6 Å². The Morgan fingerprint density at radius 3 is 2.19 bits per heavy atom. The van der Waals surface area contributed by atoms with Gasteiger partial charge < -0.3 is 5.73 Å². The summed E-state index contributed by atoms with van der Waals surface area (Å²) in [7, 11) is 0. The summed E-state index contributed by atoms with van der Waals surface area (Å²) in [5, 5.41) is 2.01. The van der Waals surface area contributed by atoms with Gasteiger partial charge in [-0.15, -0.1) is 0 Å². The SMILES string of the molecule is NC(c1ccc2cc(Br)ccc2c1)c1c(F)cccc1F. The van der Waals surface area contributed by atoms with Crippen molar-refractivity contribution in [3.8, 4) is 0 Å². The van der Waals surface area contributed by atoms with Crippen molar-refractivity contribution in [2.24, 2.45) is 5.73 Å². The maximum atomic E-state index is 13.8. The summed E-state index contributed by atoms with van der Waals surface area (Å²) in [4.78, 5) is 0. The zero-order valence-corrected chi connectivity index (χ0v) is 12.6. The molecule has 0 saturated carbocycles. The lowest BCUT2D eigenvalue weighted by Gasteiger charge is -2.15. The van der Waals surface area contributed by atoms with Crippen LogP contribution in [0.15, 0.2) is 59.1 Å². The standard InChI is InChI=1S/C17H12BrF2N/c18-13-7-6-10-8-12(5-4-11(10)9-13)17(21)16-14(19)2-1-3-15(16)20/h1-9,17H,21H2. The first-order valence-electron chi connectivity index (χ1n) is 6.45. The molecular formula is C17H12BrF2N. The molecule has 0 bridgehead atoms. The van der Waals surface area contributed by atoms with E-state index in [0.29, 0.717) is 5.56 Å². The van der Waals surface area contributed by atoms with Crippen LogP contribution in [0.3, 0.4) is 0 Å². The Hall–Kier alpha value is -1.78. The number of hydrogen-bond donors (Lipinski definition) is 1. The first kappa shape index (κ1) is 14.2. The molecule has 2 N–H and O–H groups in total. The van der Waals surface area contributed by atoms with Crippen molar-refractivity contribution < 1.29 is 8.78 Å². The number of halogens is 3. The molecule has 0 amide bonds. The van der Waals surface area contributed by atoms with Gasteiger partial charge in [0.05, 0.1) is 6.04 Å². The van der Waals surface area contributed by atoms with Gasteiger partial charge in [-0.1, -0.05) is 40.2 Å². The third-order valence-electron chi connectivity index (χ3n) is 3.50. The molecule has 1 nitrogen and oxygen atoms in total. The second kappa shape index (κ2) is 5.54. The third-order valence-corrected chi connectivity index (χ3v) is 3.99. The summed E-state index contributed by atoms with van der Waals surface area (Å²) in [5.41, 5.74) is 6.62. The van der Waals surface area contributed by atoms with E-state index in [1.807, 2.05) is 30.3 Å². The van der Waals surface area contributed by atoms with E-state index >= 15 is 0 Å². The highest BCUT2D eigenvalue weighted by atomic mass is 79.9. The smallest absolute Gasteiger partial charge is 0.131 e. The van der Waals surface area contributed by atoms with E-state index in [1.165, 1.54) is 18.2 Å². The van der Waals surface area contributed by atoms with Gasteiger partial charge in [0.2, 0.25) is 0 Å². The van der Waals surface area contributed by atoms with Gasteiger partial charge >= 0.3 is 0 Å². The number of fused-ring (bicyclic) bond motifs is 1. The van der Waals surface area contributed by atoms with E-state index in [0.717, 1.165) is 15.2 Å². The van der Waals surface area contributed by atoms with Crippen LogP contribution in [-0.2, 0) is 0 Å². The lowest BCUT2D eigenvalue weighted by molar-refractivity contribution is 0.543. The zero-order valence-electron chi connectivity index (χ0n) is 11.0. The number of benzene rings is 3. The minimum atomic E-state index is -0.834. The lowest BCUT2D eigenvalue weighted by atomic mass is 9.96. The van der Waals surface area contributed by atoms with Gasteiger partial charge in [0, 0.05) is 10.0 Å². The fourth-order valence-electron chi connectivity index (χ4n) is 2.40. The second-order valence-electron chi connectivity index (χ2n) is 4.86. The predicted molar refractivity (Wildman–Crippen MR) is 84.0 cm³/mol. The second-order valence-corrected chi connectivity index (χ2v) is 5.78.